The largest absolute Gasteiger partial charge is 0.491 e. The standard InChI is InChI=1S/C37H35NO2/c1-27-4-12-31(13-5-27)37(32-14-22-36(23-15-32)40-25-24-39)26-30-10-20-35(21-11-30)38(33-16-6-28(2)7-17-33)34-18-8-29(3)9-19-34/h4-23,26,39H,24-25H2,1-3H3. The zero-order valence-corrected chi connectivity index (χ0v) is 23.3. The predicted octanol–water partition coefficient (Wildman–Crippen LogP) is 9.04. The van der Waals surface area contributed by atoms with E-state index < -0.39 is 0 Å². The molecule has 0 aliphatic rings. The molecule has 0 aliphatic carbocycles. The Labute approximate surface area is 237 Å². The molecular weight excluding hydrogens is 490 g/mol. The molecule has 0 radical (unpaired) electrons. The van der Waals surface area contributed by atoms with E-state index in [1.54, 1.807) is 0 Å². The number of aliphatic hydroxyl groups is 1. The minimum Gasteiger partial charge on any atom is -0.491 e. The molecule has 0 aromatic heterocycles. The van der Waals surface area contributed by atoms with Crippen LogP contribution in [0.5, 0.6) is 5.75 Å². The van der Waals surface area contributed by atoms with Gasteiger partial charge in [0.1, 0.15) is 12.4 Å². The van der Waals surface area contributed by atoms with Crippen LogP contribution in [0, 0.1) is 20.8 Å². The van der Waals surface area contributed by atoms with Gasteiger partial charge in [-0.15, -0.1) is 0 Å². The number of nitrogens with zero attached hydrogens (tertiary/aromatic N) is 1. The van der Waals surface area contributed by atoms with E-state index in [0.29, 0.717) is 0 Å². The van der Waals surface area contributed by atoms with Gasteiger partial charge in [-0.1, -0.05) is 89.5 Å². The van der Waals surface area contributed by atoms with Gasteiger partial charge in [-0.25, -0.2) is 0 Å². The normalized spacial score (nSPS) is 11.3. The zero-order chi connectivity index (χ0) is 27.9. The first kappa shape index (κ1) is 27.0. The van der Waals surface area contributed by atoms with E-state index in [0.717, 1.165) is 45.1 Å². The predicted molar refractivity (Wildman–Crippen MR) is 168 cm³/mol. The molecule has 0 fully saturated rings. The number of hydrogen-bond donors (Lipinski definition) is 1. The highest BCUT2D eigenvalue weighted by atomic mass is 16.5. The van der Waals surface area contributed by atoms with Gasteiger partial charge in [0.2, 0.25) is 0 Å². The Morgan fingerprint density at radius 1 is 0.575 bits per heavy atom. The fourth-order valence-electron chi connectivity index (χ4n) is 4.68. The van der Waals surface area contributed by atoms with Crippen LogP contribution in [0.1, 0.15) is 33.4 Å². The summed E-state index contributed by atoms with van der Waals surface area (Å²) in [6.07, 6.45) is 2.24. The lowest BCUT2D eigenvalue weighted by atomic mass is 9.95. The molecule has 3 nitrogen and oxygen atoms in total. The first-order valence-electron chi connectivity index (χ1n) is 13.7. The van der Waals surface area contributed by atoms with Gasteiger partial charge in [0.25, 0.3) is 0 Å². The number of ether oxygens (including phenoxy) is 1. The SMILES string of the molecule is Cc1ccc(C(=Cc2ccc(N(c3ccc(C)cc3)c3ccc(C)cc3)cc2)c2ccc(OCCO)cc2)cc1. The average molecular weight is 526 g/mol. The van der Waals surface area contributed by atoms with Crippen molar-refractivity contribution in [3.8, 4) is 5.75 Å². The molecule has 200 valence electrons. The van der Waals surface area contributed by atoms with Crippen LogP contribution in [0.25, 0.3) is 11.6 Å². The van der Waals surface area contributed by atoms with E-state index >= 15 is 0 Å². The maximum atomic E-state index is 9.07. The van der Waals surface area contributed by atoms with Crippen LogP contribution in [0.2, 0.25) is 0 Å². The second-order valence-corrected chi connectivity index (χ2v) is 10.1. The highest BCUT2D eigenvalue weighted by Gasteiger charge is 2.13. The molecule has 5 aromatic carbocycles. The summed E-state index contributed by atoms with van der Waals surface area (Å²) in [4.78, 5) is 2.29. The molecule has 0 saturated heterocycles. The summed E-state index contributed by atoms with van der Waals surface area (Å²) in [7, 11) is 0. The van der Waals surface area contributed by atoms with Crippen molar-refractivity contribution in [2.24, 2.45) is 0 Å². The summed E-state index contributed by atoms with van der Waals surface area (Å²) in [6, 6.07) is 42.7. The van der Waals surface area contributed by atoms with E-state index in [1.807, 2.05) is 12.1 Å². The third kappa shape index (κ3) is 6.51. The van der Waals surface area contributed by atoms with Gasteiger partial charge < -0.3 is 14.7 Å². The fraction of sp³-hybridized carbons (Fsp3) is 0.135. The van der Waals surface area contributed by atoms with Crippen LogP contribution >= 0.6 is 0 Å². The van der Waals surface area contributed by atoms with Gasteiger partial charge >= 0.3 is 0 Å². The van der Waals surface area contributed by atoms with Crippen molar-refractivity contribution < 1.29 is 9.84 Å². The Hall–Kier alpha value is -4.60. The number of hydrogen-bond acceptors (Lipinski definition) is 3. The molecule has 0 heterocycles. The first-order chi connectivity index (χ1) is 19.5. The molecule has 0 aliphatic heterocycles. The topological polar surface area (TPSA) is 32.7 Å². The molecular formula is C37H35NO2. The van der Waals surface area contributed by atoms with Crippen LogP contribution in [0.4, 0.5) is 17.1 Å². The Balaban J connectivity index is 1.52. The third-order valence-electron chi connectivity index (χ3n) is 6.93. The highest BCUT2D eigenvalue weighted by Crippen LogP contribution is 2.35. The first-order valence-corrected chi connectivity index (χ1v) is 13.7. The second-order valence-electron chi connectivity index (χ2n) is 10.1. The molecule has 0 saturated carbocycles. The second kappa shape index (κ2) is 12.5. The van der Waals surface area contributed by atoms with Crippen molar-refractivity contribution in [3.63, 3.8) is 0 Å². The summed E-state index contributed by atoms with van der Waals surface area (Å²) in [5.74, 6) is 0.748. The van der Waals surface area contributed by atoms with Crippen LogP contribution in [0.15, 0.2) is 121 Å². The molecule has 0 bridgehead atoms. The monoisotopic (exact) mass is 525 g/mol. The van der Waals surface area contributed by atoms with Crippen molar-refractivity contribution in [2.45, 2.75) is 20.8 Å². The molecule has 0 unspecified atom stereocenters. The summed E-state index contributed by atoms with van der Waals surface area (Å²) in [6.45, 7) is 6.62. The Bertz CT molecular complexity index is 1500. The number of rotatable bonds is 9. The van der Waals surface area contributed by atoms with Crippen molar-refractivity contribution in [1.82, 2.24) is 0 Å². The zero-order valence-electron chi connectivity index (χ0n) is 23.3. The lowest BCUT2D eigenvalue weighted by molar-refractivity contribution is 0.201. The average Bonchev–Trinajstić information content (AvgIpc) is 2.98. The highest BCUT2D eigenvalue weighted by molar-refractivity contribution is 5.92. The van der Waals surface area contributed by atoms with Gasteiger partial charge in [-0.05, 0) is 97.6 Å². The Kier molecular flexibility index (Phi) is 8.44. The van der Waals surface area contributed by atoms with Gasteiger partial charge in [-0.3, -0.25) is 0 Å². The van der Waals surface area contributed by atoms with E-state index in [1.165, 1.54) is 16.7 Å². The Morgan fingerprint density at radius 2 is 0.975 bits per heavy atom. The van der Waals surface area contributed by atoms with Crippen LogP contribution < -0.4 is 9.64 Å². The van der Waals surface area contributed by atoms with Crippen LogP contribution in [0.3, 0.4) is 0 Å². The Morgan fingerprint density at radius 3 is 1.43 bits per heavy atom. The quantitative estimate of drug-likeness (QED) is 0.195. The minimum atomic E-state index is -0.00246. The van der Waals surface area contributed by atoms with E-state index in [9.17, 15) is 0 Å². The van der Waals surface area contributed by atoms with Gasteiger partial charge in [0.15, 0.2) is 0 Å². The van der Waals surface area contributed by atoms with Crippen molar-refractivity contribution in [3.05, 3.63) is 155 Å². The summed E-state index contributed by atoms with van der Waals surface area (Å²) < 4.78 is 5.58. The fourth-order valence-corrected chi connectivity index (χ4v) is 4.68. The molecule has 0 amide bonds. The lowest BCUT2D eigenvalue weighted by Gasteiger charge is -2.26. The molecule has 40 heavy (non-hydrogen) atoms. The molecule has 3 heteroatoms. The maximum Gasteiger partial charge on any atom is 0.119 e. The van der Waals surface area contributed by atoms with Crippen molar-refractivity contribution in [1.29, 1.82) is 0 Å². The number of aliphatic hydroxyl groups excluding tert-OH is 1. The third-order valence-corrected chi connectivity index (χ3v) is 6.93. The van der Waals surface area contributed by atoms with E-state index in [2.05, 4.69) is 141 Å². The van der Waals surface area contributed by atoms with E-state index in [4.69, 9.17) is 9.84 Å². The summed E-state index contributed by atoms with van der Waals surface area (Å²) in [5.41, 5.74) is 11.6. The van der Waals surface area contributed by atoms with Gasteiger partial charge in [0, 0.05) is 17.1 Å². The molecule has 0 atom stereocenters. The van der Waals surface area contributed by atoms with Crippen molar-refractivity contribution >= 4 is 28.7 Å². The van der Waals surface area contributed by atoms with E-state index in [-0.39, 0.29) is 13.2 Å². The van der Waals surface area contributed by atoms with Crippen LogP contribution in [-0.4, -0.2) is 18.3 Å². The summed E-state index contributed by atoms with van der Waals surface area (Å²) in [5, 5.41) is 9.07. The molecule has 5 aromatic rings. The molecule has 5 rings (SSSR count). The smallest absolute Gasteiger partial charge is 0.119 e. The number of anilines is 3. The van der Waals surface area contributed by atoms with Gasteiger partial charge in [-0.2, -0.15) is 0 Å². The number of benzene rings is 5. The number of aryl methyl sites for hydroxylation is 3. The maximum absolute atomic E-state index is 9.07. The molecule has 0 spiro atoms. The summed E-state index contributed by atoms with van der Waals surface area (Å²) >= 11 is 0. The van der Waals surface area contributed by atoms with Crippen molar-refractivity contribution in [2.75, 3.05) is 18.1 Å². The van der Waals surface area contributed by atoms with Crippen LogP contribution in [-0.2, 0) is 0 Å². The minimum absolute atomic E-state index is 0.00246. The lowest BCUT2D eigenvalue weighted by Crippen LogP contribution is -2.09. The van der Waals surface area contributed by atoms with Gasteiger partial charge in [0.05, 0.1) is 6.61 Å². The molecule has 1 N–H and O–H groups in total.